The van der Waals surface area contributed by atoms with Crippen molar-refractivity contribution < 1.29 is 23.7 Å². The van der Waals surface area contributed by atoms with Crippen LogP contribution in [0.2, 0.25) is 0 Å². The van der Waals surface area contributed by atoms with Crippen LogP contribution in [-0.4, -0.2) is 34.7 Å². The van der Waals surface area contributed by atoms with Crippen LogP contribution >= 0.6 is 0 Å². The SMILES string of the molecule is COC1=CCC(C=O)(OC)c2c(OC)ccc(OC)c21. The van der Waals surface area contributed by atoms with Crippen LogP contribution in [0.1, 0.15) is 17.5 Å². The molecule has 1 atom stereocenters. The van der Waals surface area contributed by atoms with Crippen molar-refractivity contribution in [1.29, 1.82) is 0 Å². The largest absolute Gasteiger partial charge is 0.496 e. The number of carbonyl (C=O) groups is 1. The molecule has 0 bridgehead atoms. The maximum atomic E-state index is 11.6. The maximum Gasteiger partial charge on any atom is 0.156 e. The Morgan fingerprint density at radius 3 is 2.20 bits per heavy atom. The van der Waals surface area contributed by atoms with E-state index >= 15 is 0 Å². The van der Waals surface area contributed by atoms with Gasteiger partial charge in [0, 0.05) is 19.1 Å². The van der Waals surface area contributed by atoms with Gasteiger partial charge in [-0.15, -0.1) is 0 Å². The third-order valence-corrected chi connectivity index (χ3v) is 3.60. The first-order valence-corrected chi connectivity index (χ1v) is 6.19. The van der Waals surface area contributed by atoms with Crippen molar-refractivity contribution in [3.8, 4) is 11.5 Å². The second kappa shape index (κ2) is 5.54. The molecule has 0 saturated heterocycles. The second-order valence-electron chi connectivity index (χ2n) is 4.41. The van der Waals surface area contributed by atoms with E-state index in [-0.39, 0.29) is 0 Å². The van der Waals surface area contributed by atoms with Gasteiger partial charge in [-0.3, -0.25) is 4.79 Å². The van der Waals surface area contributed by atoms with Crippen LogP contribution in [0.5, 0.6) is 11.5 Å². The Balaban J connectivity index is 2.82. The van der Waals surface area contributed by atoms with E-state index in [1.807, 2.05) is 6.08 Å². The Morgan fingerprint density at radius 2 is 1.70 bits per heavy atom. The summed E-state index contributed by atoms with van der Waals surface area (Å²) in [6.45, 7) is 0. The lowest BCUT2D eigenvalue weighted by molar-refractivity contribution is -0.128. The standard InChI is InChI=1S/C15H18O5/c1-17-10-5-6-12(19-3)14-13(10)11(18-2)7-8-15(14,9-16)20-4/h5-7,9H,8H2,1-4H3. The average Bonchev–Trinajstić information content (AvgIpc) is 2.52. The molecule has 1 aromatic rings. The Labute approximate surface area is 118 Å². The van der Waals surface area contributed by atoms with Gasteiger partial charge >= 0.3 is 0 Å². The fourth-order valence-electron chi connectivity index (χ4n) is 2.54. The lowest BCUT2D eigenvalue weighted by Crippen LogP contribution is -2.34. The van der Waals surface area contributed by atoms with Crippen molar-refractivity contribution in [2.45, 2.75) is 12.0 Å². The van der Waals surface area contributed by atoms with Crippen LogP contribution in [0.25, 0.3) is 5.76 Å². The molecule has 0 fully saturated rings. The number of fused-ring (bicyclic) bond motifs is 1. The summed E-state index contributed by atoms with van der Waals surface area (Å²) in [5, 5.41) is 0. The predicted octanol–water partition coefficient (Wildman–Crippen LogP) is 2.14. The van der Waals surface area contributed by atoms with E-state index in [1.54, 1.807) is 33.5 Å². The lowest BCUT2D eigenvalue weighted by atomic mass is 9.81. The molecule has 0 radical (unpaired) electrons. The molecule has 0 amide bonds. The number of methoxy groups -OCH3 is 4. The molecule has 1 unspecified atom stereocenters. The Bertz CT molecular complexity index is 549. The van der Waals surface area contributed by atoms with Crippen molar-refractivity contribution in [2.24, 2.45) is 0 Å². The van der Waals surface area contributed by atoms with E-state index < -0.39 is 5.60 Å². The van der Waals surface area contributed by atoms with Crippen LogP contribution in [-0.2, 0) is 19.9 Å². The number of aldehydes is 1. The van der Waals surface area contributed by atoms with Crippen LogP contribution < -0.4 is 9.47 Å². The van der Waals surface area contributed by atoms with Crippen LogP contribution in [0, 0.1) is 0 Å². The summed E-state index contributed by atoms with van der Waals surface area (Å²) >= 11 is 0. The summed E-state index contributed by atoms with van der Waals surface area (Å²) in [5.74, 6) is 1.82. The van der Waals surface area contributed by atoms with Crippen molar-refractivity contribution >= 4 is 12.0 Å². The molecule has 1 aliphatic rings. The third-order valence-electron chi connectivity index (χ3n) is 3.60. The highest BCUT2D eigenvalue weighted by Crippen LogP contribution is 2.47. The number of rotatable bonds is 5. The zero-order valence-corrected chi connectivity index (χ0v) is 12.1. The maximum absolute atomic E-state index is 11.6. The number of carbonyl (C=O) groups excluding carboxylic acids is 1. The van der Waals surface area contributed by atoms with Crippen molar-refractivity contribution in [1.82, 2.24) is 0 Å². The molecule has 108 valence electrons. The summed E-state index contributed by atoms with van der Waals surface area (Å²) in [6.07, 6.45) is 2.99. The first-order chi connectivity index (χ1) is 9.67. The normalized spacial score (nSPS) is 20.7. The van der Waals surface area contributed by atoms with E-state index in [2.05, 4.69) is 0 Å². The number of hydrogen-bond acceptors (Lipinski definition) is 5. The van der Waals surface area contributed by atoms with Crippen molar-refractivity contribution in [3.63, 3.8) is 0 Å². The predicted molar refractivity (Wildman–Crippen MR) is 73.9 cm³/mol. The topological polar surface area (TPSA) is 54.0 Å². The first-order valence-electron chi connectivity index (χ1n) is 6.19. The highest BCUT2D eigenvalue weighted by atomic mass is 16.5. The fraction of sp³-hybridized carbons (Fsp3) is 0.400. The molecule has 20 heavy (non-hydrogen) atoms. The average molecular weight is 278 g/mol. The van der Waals surface area contributed by atoms with Gasteiger partial charge in [0.05, 0.1) is 26.9 Å². The van der Waals surface area contributed by atoms with Gasteiger partial charge in [0.15, 0.2) is 11.9 Å². The zero-order valence-electron chi connectivity index (χ0n) is 12.1. The molecular formula is C15H18O5. The minimum Gasteiger partial charge on any atom is -0.496 e. The molecular weight excluding hydrogens is 260 g/mol. The second-order valence-corrected chi connectivity index (χ2v) is 4.41. The van der Waals surface area contributed by atoms with Gasteiger partial charge in [-0.1, -0.05) is 0 Å². The molecule has 0 N–H and O–H groups in total. The van der Waals surface area contributed by atoms with E-state index in [4.69, 9.17) is 18.9 Å². The number of benzene rings is 1. The van der Waals surface area contributed by atoms with Gasteiger partial charge in [0.2, 0.25) is 0 Å². The van der Waals surface area contributed by atoms with Crippen molar-refractivity contribution in [2.75, 3.05) is 28.4 Å². The lowest BCUT2D eigenvalue weighted by Gasteiger charge is -2.34. The van der Waals surface area contributed by atoms with Gasteiger partial charge in [-0.2, -0.15) is 0 Å². The molecule has 0 spiro atoms. The summed E-state index contributed by atoms with van der Waals surface area (Å²) < 4.78 is 21.6. The van der Waals surface area contributed by atoms with Gasteiger partial charge in [-0.25, -0.2) is 0 Å². The molecule has 0 aliphatic heterocycles. The van der Waals surface area contributed by atoms with Crippen LogP contribution in [0.4, 0.5) is 0 Å². The molecule has 0 saturated carbocycles. The summed E-state index contributed by atoms with van der Waals surface area (Å²) in [4.78, 5) is 11.6. The van der Waals surface area contributed by atoms with E-state index in [0.29, 0.717) is 34.8 Å². The minimum atomic E-state index is -1.09. The van der Waals surface area contributed by atoms with Crippen LogP contribution in [0.3, 0.4) is 0 Å². The van der Waals surface area contributed by atoms with Gasteiger partial charge in [0.1, 0.15) is 17.3 Å². The number of ether oxygens (including phenoxy) is 4. The molecule has 1 aromatic carbocycles. The van der Waals surface area contributed by atoms with Crippen molar-refractivity contribution in [3.05, 3.63) is 29.3 Å². The Kier molecular flexibility index (Phi) is 3.99. The molecule has 5 heteroatoms. The van der Waals surface area contributed by atoms with E-state index in [0.717, 1.165) is 6.29 Å². The third kappa shape index (κ3) is 1.94. The Morgan fingerprint density at radius 1 is 1.05 bits per heavy atom. The Hall–Kier alpha value is -2.01. The number of hydrogen-bond donors (Lipinski definition) is 0. The van der Waals surface area contributed by atoms with Gasteiger partial charge in [0.25, 0.3) is 0 Å². The van der Waals surface area contributed by atoms with E-state index in [1.165, 1.54) is 7.11 Å². The smallest absolute Gasteiger partial charge is 0.156 e. The highest BCUT2D eigenvalue weighted by Gasteiger charge is 2.41. The minimum absolute atomic E-state index is 0.382. The summed E-state index contributed by atoms with van der Waals surface area (Å²) in [7, 11) is 6.20. The summed E-state index contributed by atoms with van der Waals surface area (Å²) in [6, 6.07) is 3.54. The zero-order chi connectivity index (χ0) is 14.8. The van der Waals surface area contributed by atoms with E-state index in [9.17, 15) is 4.79 Å². The first kappa shape index (κ1) is 14.4. The molecule has 2 rings (SSSR count). The van der Waals surface area contributed by atoms with Crippen LogP contribution in [0.15, 0.2) is 18.2 Å². The fourth-order valence-corrected chi connectivity index (χ4v) is 2.54. The molecule has 5 nitrogen and oxygen atoms in total. The molecule has 0 heterocycles. The highest BCUT2D eigenvalue weighted by molar-refractivity contribution is 5.82. The molecule has 1 aliphatic carbocycles. The van der Waals surface area contributed by atoms with Gasteiger partial charge in [-0.05, 0) is 18.2 Å². The molecule has 0 aromatic heterocycles. The van der Waals surface area contributed by atoms with Gasteiger partial charge < -0.3 is 18.9 Å². The monoisotopic (exact) mass is 278 g/mol. The quantitative estimate of drug-likeness (QED) is 0.772. The summed E-state index contributed by atoms with van der Waals surface area (Å²) in [5.41, 5.74) is 0.239.